The van der Waals surface area contributed by atoms with Gasteiger partial charge in [-0.2, -0.15) is 13.2 Å². The number of nitrogens with zero attached hydrogens (tertiary/aromatic N) is 1. The zero-order chi connectivity index (χ0) is 19.1. The van der Waals surface area contributed by atoms with Gasteiger partial charge in [0.15, 0.2) is 0 Å². The molecular weight excluding hydrogens is 356 g/mol. The number of aliphatic carboxylic acids is 1. The number of carbonyl (C=O) groups excluding carboxylic acids is 1. The minimum Gasteiger partial charge on any atom is -0.480 e. The van der Waals surface area contributed by atoms with Crippen molar-refractivity contribution in [2.75, 3.05) is 0 Å². The number of benzene rings is 1. The smallest absolute Gasteiger partial charge is 0.391 e. The fraction of sp³-hybridized carbons (Fsp3) is 0.353. The van der Waals surface area contributed by atoms with Crippen molar-refractivity contribution in [3.8, 4) is 0 Å². The summed E-state index contributed by atoms with van der Waals surface area (Å²) < 4.78 is 51.1. The number of carboxylic acid groups (broad SMARTS) is 1. The summed E-state index contributed by atoms with van der Waals surface area (Å²) in [5, 5.41) is 10.9. The summed E-state index contributed by atoms with van der Waals surface area (Å²) in [5.74, 6) is -3.32. The summed E-state index contributed by atoms with van der Waals surface area (Å²) >= 11 is 0. The van der Waals surface area contributed by atoms with Crippen LogP contribution in [0.4, 0.5) is 17.6 Å². The average molecular weight is 370 g/mol. The van der Waals surface area contributed by atoms with Crippen LogP contribution in [0.15, 0.2) is 24.3 Å². The Morgan fingerprint density at radius 2 is 1.96 bits per heavy atom. The highest BCUT2D eigenvalue weighted by Crippen LogP contribution is 2.40. The van der Waals surface area contributed by atoms with Crippen molar-refractivity contribution in [3.63, 3.8) is 0 Å². The Balaban J connectivity index is 1.98. The molecule has 1 unspecified atom stereocenters. The zero-order valence-corrected chi connectivity index (χ0v) is 13.3. The van der Waals surface area contributed by atoms with Gasteiger partial charge in [0.05, 0.1) is 17.5 Å². The number of amides is 1. The van der Waals surface area contributed by atoms with Gasteiger partial charge in [-0.05, 0) is 37.1 Å². The number of alkyl halides is 3. The summed E-state index contributed by atoms with van der Waals surface area (Å²) in [6.45, 7) is 0. The lowest BCUT2D eigenvalue weighted by Crippen LogP contribution is -2.43. The molecule has 2 N–H and O–H groups in total. The van der Waals surface area contributed by atoms with Crippen molar-refractivity contribution < 1.29 is 32.3 Å². The van der Waals surface area contributed by atoms with Gasteiger partial charge in [0.25, 0.3) is 5.91 Å². The molecule has 0 radical (unpaired) electrons. The lowest BCUT2D eigenvalue weighted by Gasteiger charge is -2.17. The van der Waals surface area contributed by atoms with E-state index in [1.165, 1.54) is 12.1 Å². The summed E-state index contributed by atoms with van der Waals surface area (Å²) in [7, 11) is 0. The Morgan fingerprint density at radius 1 is 1.27 bits per heavy atom. The molecule has 1 aliphatic rings. The van der Waals surface area contributed by atoms with Crippen LogP contribution < -0.4 is 5.32 Å². The normalized spacial score (nSPS) is 15.7. The molecule has 0 aliphatic heterocycles. The minimum absolute atomic E-state index is 0.0928. The Morgan fingerprint density at radius 3 is 2.54 bits per heavy atom. The number of halogens is 4. The van der Waals surface area contributed by atoms with Gasteiger partial charge in [-0.15, -0.1) is 0 Å². The van der Waals surface area contributed by atoms with Crippen LogP contribution in [0.1, 0.15) is 41.2 Å². The van der Waals surface area contributed by atoms with Gasteiger partial charge in [0.2, 0.25) is 0 Å². The molecule has 138 valence electrons. The minimum atomic E-state index is -4.76. The topological polar surface area (TPSA) is 79.3 Å². The van der Waals surface area contributed by atoms with Crippen LogP contribution in [0.5, 0.6) is 0 Å². The monoisotopic (exact) mass is 370 g/mol. The van der Waals surface area contributed by atoms with Crippen molar-refractivity contribution in [3.05, 3.63) is 41.3 Å². The van der Waals surface area contributed by atoms with E-state index >= 15 is 0 Å². The highest BCUT2D eigenvalue weighted by molar-refractivity contribution is 6.07. The molecule has 1 fully saturated rings. The van der Waals surface area contributed by atoms with Gasteiger partial charge in [-0.25, -0.2) is 9.18 Å². The van der Waals surface area contributed by atoms with Crippen LogP contribution in [0.2, 0.25) is 0 Å². The summed E-state index contributed by atoms with van der Waals surface area (Å²) in [6, 6.07) is 2.84. The number of aromatic nitrogens is 1. The SMILES string of the molecule is O=C(NC(CC(F)(F)F)C(=O)O)c1cc(C2CC2)nc2ccc(F)cc12. The lowest BCUT2D eigenvalue weighted by molar-refractivity contribution is -0.157. The summed E-state index contributed by atoms with van der Waals surface area (Å²) in [6.07, 6.45) is -4.73. The Hall–Kier alpha value is -2.71. The first-order valence-electron chi connectivity index (χ1n) is 7.84. The van der Waals surface area contributed by atoms with Gasteiger partial charge in [-0.1, -0.05) is 0 Å². The quantitative estimate of drug-likeness (QED) is 0.791. The van der Waals surface area contributed by atoms with E-state index in [2.05, 4.69) is 4.98 Å². The van der Waals surface area contributed by atoms with Crippen LogP contribution in [0.25, 0.3) is 10.9 Å². The molecular formula is C17H14F4N2O3. The highest BCUT2D eigenvalue weighted by atomic mass is 19.4. The fourth-order valence-corrected chi connectivity index (χ4v) is 2.66. The third-order valence-corrected chi connectivity index (χ3v) is 4.07. The van der Waals surface area contributed by atoms with Crippen molar-refractivity contribution in [2.24, 2.45) is 0 Å². The maximum Gasteiger partial charge on any atom is 0.391 e. The molecule has 0 saturated heterocycles. The number of carbonyl (C=O) groups is 2. The van der Waals surface area contributed by atoms with Crippen LogP contribution in [-0.2, 0) is 4.79 Å². The molecule has 1 aromatic carbocycles. The predicted octanol–water partition coefficient (Wildman–Crippen LogP) is 3.39. The first-order chi connectivity index (χ1) is 12.1. The molecule has 0 spiro atoms. The first kappa shape index (κ1) is 18.1. The van der Waals surface area contributed by atoms with Gasteiger partial charge >= 0.3 is 12.1 Å². The largest absolute Gasteiger partial charge is 0.480 e. The second-order valence-electron chi connectivity index (χ2n) is 6.21. The average Bonchev–Trinajstić information content (AvgIpc) is 3.36. The van der Waals surface area contributed by atoms with Gasteiger partial charge < -0.3 is 10.4 Å². The molecule has 5 nitrogen and oxygen atoms in total. The molecule has 26 heavy (non-hydrogen) atoms. The second-order valence-corrected chi connectivity index (χ2v) is 6.21. The lowest BCUT2D eigenvalue weighted by atomic mass is 10.0. The highest BCUT2D eigenvalue weighted by Gasteiger charge is 2.37. The van der Waals surface area contributed by atoms with Crippen molar-refractivity contribution in [2.45, 2.75) is 37.4 Å². The third-order valence-electron chi connectivity index (χ3n) is 4.07. The van der Waals surface area contributed by atoms with Crippen molar-refractivity contribution >= 4 is 22.8 Å². The number of hydrogen-bond donors (Lipinski definition) is 2. The standard InChI is InChI=1S/C17H14F4N2O3/c18-9-3-4-12-10(5-9)11(6-13(22-12)8-1-2-8)15(24)23-14(16(25)26)7-17(19,20)21/h3-6,8,14H,1-2,7H2,(H,23,24)(H,25,26). The summed E-state index contributed by atoms with van der Waals surface area (Å²) in [5.41, 5.74) is 0.811. The molecule has 9 heteroatoms. The Kier molecular flexibility index (Phi) is 4.55. The van der Waals surface area contributed by atoms with Crippen LogP contribution in [-0.4, -0.2) is 34.2 Å². The first-order valence-corrected chi connectivity index (χ1v) is 7.84. The van der Waals surface area contributed by atoms with E-state index < -0.39 is 36.3 Å². The van der Waals surface area contributed by atoms with Crippen LogP contribution in [0.3, 0.4) is 0 Å². The van der Waals surface area contributed by atoms with E-state index in [0.29, 0.717) is 11.2 Å². The van der Waals surface area contributed by atoms with E-state index in [0.717, 1.165) is 25.0 Å². The van der Waals surface area contributed by atoms with Gasteiger partial charge in [-0.3, -0.25) is 9.78 Å². The molecule has 1 amide bonds. The maximum absolute atomic E-state index is 13.6. The number of nitrogens with one attached hydrogen (secondary N) is 1. The molecule has 1 aliphatic carbocycles. The number of fused-ring (bicyclic) bond motifs is 1. The van der Waals surface area contributed by atoms with E-state index in [9.17, 15) is 27.2 Å². The van der Waals surface area contributed by atoms with Crippen LogP contribution >= 0.6 is 0 Å². The Bertz CT molecular complexity index is 878. The van der Waals surface area contributed by atoms with E-state index in [1.54, 1.807) is 0 Å². The number of carboxylic acids is 1. The van der Waals surface area contributed by atoms with Gasteiger partial charge in [0.1, 0.15) is 11.9 Å². The van der Waals surface area contributed by atoms with Gasteiger partial charge in [0, 0.05) is 17.0 Å². The number of hydrogen-bond acceptors (Lipinski definition) is 3. The fourth-order valence-electron chi connectivity index (χ4n) is 2.66. The third kappa shape index (κ3) is 4.09. The van der Waals surface area contributed by atoms with Crippen molar-refractivity contribution in [1.29, 1.82) is 0 Å². The van der Waals surface area contributed by atoms with Crippen LogP contribution in [0, 0.1) is 5.82 Å². The molecule has 2 aromatic rings. The second kappa shape index (κ2) is 6.54. The predicted molar refractivity (Wildman–Crippen MR) is 83.2 cm³/mol. The maximum atomic E-state index is 13.6. The zero-order valence-electron chi connectivity index (χ0n) is 13.3. The van der Waals surface area contributed by atoms with E-state index in [-0.39, 0.29) is 16.9 Å². The number of pyridine rings is 1. The molecule has 3 rings (SSSR count). The Labute approximate surface area is 145 Å². The number of rotatable bonds is 5. The van der Waals surface area contributed by atoms with E-state index in [1.807, 2.05) is 5.32 Å². The van der Waals surface area contributed by atoms with Crippen molar-refractivity contribution in [1.82, 2.24) is 10.3 Å². The molecule has 0 bridgehead atoms. The molecule has 1 saturated carbocycles. The van der Waals surface area contributed by atoms with E-state index in [4.69, 9.17) is 5.11 Å². The summed E-state index contributed by atoms with van der Waals surface area (Å²) in [4.78, 5) is 27.9. The molecule has 1 atom stereocenters. The molecule has 1 heterocycles. The molecule has 1 aromatic heterocycles.